The number of hydrogen-bond acceptors (Lipinski definition) is 6. The summed E-state index contributed by atoms with van der Waals surface area (Å²) in [5.41, 5.74) is 0.0754. The van der Waals surface area contributed by atoms with Crippen LogP contribution in [-0.4, -0.2) is 27.7 Å². The van der Waals surface area contributed by atoms with E-state index in [0.29, 0.717) is 17.1 Å². The number of cyclic esters (lactones) is 1. The predicted molar refractivity (Wildman–Crippen MR) is 86.5 cm³/mol. The quantitative estimate of drug-likeness (QED) is 0.871. The van der Waals surface area contributed by atoms with E-state index in [1.54, 1.807) is 19.1 Å². The molecular weight excluding hydrogens is 314 g/mol. The summed E-state index contributed by atoms with van der Waals surface area (Å²) >= 11 is 1.34. The number of nitrogens with zero attached hydrogens (tertiary/aromatic N) is 2. The standard InChI is InChI=1S/C16H17N3O3S/c1-3-6-12-18-19-15(23-12)17-14(21)16(2)9-10-7-4-5-8-11(10)13(20)22-16/h4-5,7-8H,3,6,9H2,1-2H3,(H,17,19,21). The number of benzene rings is 1. The number of hydrogen-bond donors (Lipinski definition) is 1. The molecule has 3 rings (SSSR count). The second-order valence-corrected chi connectivity index (χ2v) is 6.72. The van der Waals surface area contributed by atoms with Crippen LogP contribution < -0.4 is 5.32 Å². The van der Waals surface area contributed by atoms with Crippen molar-refractivity contribution in [2.45, 2.75) is 38.7 Å². The van der Waals surface area contributed by atoms with Gasteiger partial charge in [0.05, 0.1) is 5.56 Å². The zero-order valence-corrected chi connectivity index (χ0v) is 13.8. The molecule has 120 valence electrons. The van der Waals surface area contributed by atoms with E-state index in [0.717, 1.165) is 23.4 Å². The molecule has 6 nitrogen and oxygen atoms in total. The van der Waals surface area contributed by atoms with Gasteiger partial charge in [0, 0.05) is 12.8 Å². The smallest absolute Gasteiger partial charge is 0.339 e. The first-order valence-corrected chi connectivity index (χ1v) is 8.28. The molecule has 1 aromatic heterocycles. The molecule has 0 saturated carbocycles. The van der Waals surface area contributed by atoms with Crippen LogP contribution in [0.2, 0.25) is 0 Å². The second-order valence-electron chi connectivity index (χ2n) is 5.66. The van der Waals surface area contributed by atoms with Gasteiger partial charge in [0.2, 0.25) is 5.13 Å². The van der Waals surface area contributed by atoms with Crippen molar-refractivity contribution in [1.82, 2.24) is 10.2 Å². The lowest BCUT2D eigenvalue weighted by atomic mass is 9.89. The number of aryl methyl sites for hydroxylation is 1. The second kappa shape index (κ2) is 6.08. The van der Waals surface area contributed by atoms with Crippen molar-refractivity contribution in [3.63, 3.8) is 0 Å². The fraction of sp³-hybridized carbons (Fsp3) is 0.375. The van der Waals surface area contributed by atoms with Crippen molar-refractivity contribution in [1.29, 1.82) is 0 Å². The largest absolute Gasteiger partial charge is 0.445 e. The molecule has 1 atom stereocenters. The number of carbonyl (C=O) groups is 2. The Morgan fingerprint density at radius 3 is 2.96 bits per heavy atom. The van der Waals surface area contributed by atoms with Gasteiger partial charge in [-0.3, -0.25) is 10.1 Å². The first-order valence-electron chi connectivity index (χ1n) is 7.47. The lowest BCUT2D eigenvalue weighted by Crippen LogP contribution is -2.48. The van der Waals surface area contributed by atoms with Gasteiger partial charge in [-0.25, -0.2) is 4.79 Å². The maximum atomic E-state index is 12.6. The maximum Gasteiger partial charge on any atom is 0.339 e. The number of nitrogens with one attached hydrogen (secondary N) is 1. The van der Waals surface area contributed by atoms with Gasteiger partial charge in [-0.2, -0.15) is 0 Å². The highest BCUT2D eigenvalue weighted by molar-refractivity contribution is 7.15. The van der Waals surface area contributed by atoms with Crippen molar-refractivity contribution in [3.05, 3.63) is 40.4 Å². The zero-order valence-electron chi connectivity index (χ0n) is 13.0. The Hall–Kier alpha value is -2.28. The minimum atomic E-state index is -1.25. The predicted octanol–water partition coefficient (Wildman–Crippen LogP) is 2.60. The number of amides is 1. The number of carbonyl (C=O) groups excluding carboxylic acids is 2. The Bertz CT molecular complexity index is 759. The van der Waals surface area contributed by atoms with E-state index in [9.17, 15) is 9.59 Å². The molecule has 0 radical (unpaired) electrons. The zero-order chi connectivity index (χ0) is 16.4. The van der Waals surface area contributed by atoms with E-state index in [1.165, 1.54) is 11.3 Å². The van der Waals surface area contributed by atoms with Gasteiger partial charge >= 0.3 is 5.97 Å². The molecule has 0 saturated heterocycles. The number of aromatic nitrogens is 2. The molecule has 1 amide bonds. The summed E-state index contributed by atoms with van der Waals surface area (Å²) in [5.74, 6) is -0.868. The lowest BCUT2D eigenvalue weighted by Gasteiger charge is -2.32. The Morgan fingerprint density at radius 2 is 2.17 bits per heavy atom. The Kier molecular flexibility index (Phi) is 4.12. The van der Waals surface area contributed by atoms with E-state index < -0.39 is 11.6 Å². The highest BCUT2D eigenvalue weighted by Crippen LogP contribution is 2.29. The van der Waals surface area contributed by atoms with E-state index in [4.69, 9.17) is 4.74 Å². The normalized spacial score (nSPS) is 19.8. The minimum absolute atomic E-state index is 0.335. The van der Waals surface area contributed by atoms with Gasteiger partial charge in [0.1, 0.15) is 5.01 Å². The molecule has 0 spiro atoms. The van der Waals surface area contributed by atoms with Crippen molar-refractivity contribution in [3.8, 4) is 0 Å². The van der Waals surface area contributed by atoms with Crippen LogP contribution >= 0.6 is 11.3 Å². The lowest BCUT2D eigenvalue weighted by molar-refractivity contribution is -0.134. The summed E-state index contributed by atoms with van der Waals surface area (Å²) in [6.07, 6.45) is 2.13. The van der Waals surface area contributed by atoms with Crippen LogP contribution in [0.25, 0.3) is 0 Å². The highest BCUT2D eigenvalue weighted by atomic mass is 32.1. The molecule has 2 heterocycles. The summed E-state index contributed by atoms with van der Waals surface area (Å²) in [5, 5.41) is 12.0. The highest BCUT2D eigenvalue weighted by Gasteiger charge is 2.42. The van der Waals surface area contributed by atoms with Gasteiger partial charge in [0.25, 0.3) is 5.91 Å². The van der Waals surface area contributed by atoms with Crippen molar-refractivity contribution >= 4 is 28.3 Å². The van der Waals surface area contributed by atoms with Crippen molar-refractivity contribution in [2.75, 3.05) is 5.32 Å². The number of esters is 1. The van der Waals surface area contributed by atoms with Crippen LogP contribution in [0.5, 0.6) is 0 Å². The van der Waals surface area contributed by atoms with Crippen LogP contribution in [0.3, 0.4) is 0 Å². The van der Waals surface area contributed by atoms with Crippen molar-refractivity contribution < 1.29 is 14.3 Å². The average molecular weight is 331 g/mol. The molecule has 0 aliphatic carbocycles. The van der Waals surface area contributed by atoms with E-state index in [1.807, 2.05) is 12.1 Å². The molecule has 1 aromatic carbocycles. The number of ether oxygens (including phenoxy) is 1. The van der Waals surface area contributed by atoms with E-state index in [2.05, 4.69) is 22.4 Å². The summed E-state index contributed by atoms with van der Waals surface area (Å²) < 4.78 is 5.39. The number of anilines is 1. The third kappa shape index (κ3) is 3.10. The molecule has 0 bridgehead atoms. The third-order valence-corrected chi connectivity index (χ3v) is 4.61. The molecule has 1 N–H and O–H groups in total. The molecule has 0 fully saturated rings. The molecule has 2 aromatic rings. The maximum absolute atomic E-state index is 12.6. The summed E-state index contributed by atoms with van der Waals surface area (Å²) in [6.45, 7) is 3.67. The molecule has 1 aliphatic heterocycles. The van der Waals surface area contributed by atoms with E-state index >= 15 is 0 Å². The van der Waals surface area contributed by atoms with Crippen LogP contribution in [0.1, 0.15) is 41.2 Å². The van der Waals surface area contributed by atoms with Gasteiger partial charge in [-0.05, 0) is 25.0 Å². The molecular formula is C16H17N3O3S. The Labute approximate surface area is 137 Å². The number of rotatable bonds is 4. The third-order valence-electron chi connectivity index (χ3n) is 3.71. The minimum Gasteiger partial charge on any atom is -0.445 e. The van der Waals surface area contributed by atoms with Gasteiger partial charge in [-0.1, -0.05) is 36.5 Å². The average Bonchev–Trinajstić information content (AvgIpc) is 2.95. The molecule has 23 heavy (non-hydrogen) atoms. The fourth-order valence-electron chi connectivity index (χ4n) is 2.51. The Balaban J connectivity index is 1.77. The van der Waals surface area contributed by atoms with E-state index in [-0.39, 0.29) is 5.91 Å². The first kappa shape index (κ1) is 15.6. The SMILES string of the molecule is CCCc1nnc(NC(=O)C2(C)Cc3ccccc3C(=O)O2)s1. The van der Waals surface area contributed by atoms with Crippen LogP contribution in [0, 0.1) is 0 Å². The number of fused-ring (bicyclic) bond motifs is 1. The van der Waals surface area contributed by atoms with Crippen molar-refractivity contribution in [2.24, 2.45) is 0 Å². The Morgan fingerprint density at radius 1 is 1.39 bits per heavy atom. The summed E-state index contributed by atoms with van der Waals surface area (Å²) in [6, 6.07) is 7.17. The van der Waals surface area contributed by atoms with Gasteiger partial charge in [-0.15, -0.1) is 10.2 Å². The van der Waals surface area contributed by atoms with Crippen LogP contribution in [0.15, 0.2) is 24.3 Å². The molecule has 1 unspecified atom stereocenters. The van der Waals surface area contributed by atoms with Crippen LogP contribution in [0.4, 0.5) is 5.13 Å². The summed E-state index contributed by atoms with van der Waals surface area (Å²) in [4.78, 5) is 24.7. The fourth-order valence-corrected chi connectivity index (χ4v) is 3.34. The van der Waals surface area contributed by atoms with Gasteiger partial charge < -0.3 is 4.74 Å². The van der Waals surface area contributed by atoms with Crippen LogP contribution in [-0.2, 0) is 22.4 Å². The van der Waals surface area contributed by atoms with Gasteiger partial charge in [0.15, 0.2) is 5.60 Å². The monoisotopic (exact) mass is 331 g/mol. The first-order chi connectivity index (χ1) is 11.0. The topological polar surface area (TPSA) is 81.2 Å². The molecule has 7 heteroatoms. The molecule has 1 aliphatic rings. The summed E-state index contributed by atoms with van der Waals surface area (Å²) in [7, 11) is 0.